The Kier molecular flexibility index (Phi) is 4.85. The number of para-hydroxylation sites is 1. The lowest BCUT2D eigenvalue weighted by Crippen LogP contribution is -2.38. The van der Waals surface area contributed by atoms with Crippen LogP contribution in [0.25, 0.3) is 0 Å². The molecule has 1 fully saturated rings. The Morgan fingerprint density at radius 2 is 1.95 bits per heavy atom. The van der Waals surface area contributed by atoms with Gasteiger partial charge in [0.25, 0.3) is 0 Å². The lowest BCUT2D eigenvalue weighted by molar-refractivity contribution is -0.235. The molecule has 0 bridgehead atoms. The summed E-state index contributed by atoms with van der Waals surface area (Å²) in [7, 11) is 0. The number of nitrogens with two attached hydrogens (primary N) is 1. The van der Waals surface area contributed by atoms with Crippen LogP contribution in [0.3, 0.4) is 0 Å². The molecule has 1 aliphatic rings. The molecule has 0 unspecified atom stereocenters. The zero-order valence-corrected chi connectivity index (χ0v) is 12.9. The average Bonchev–Trinajstić information content (AvgIpc) is 2.49. The van der Waals surface area contributed by atoms with Gasteiger partial charge in [0.2, 0.25) is 0 Å². The Morgan fingerprint density at radius 1 is 1.33 bits per heavy atom. The van der Waals surface area contributed by atoms with Gasteiger partial charge in [0.15, 0.2) is 6.29 Å². The van der Waals surface area contributed by atoms with Crippen LogP contribution in [-0.2, 0) is 9.47 Å². The Labute approximate surface area is 125 Å². The normalized spacial score (nSPS) is 18.4. The highest BCUT2D eigenvalue weighted by Crippen LogP contribution is 2.39. The summed E-state index contributed by atoms with van der Waals surface area (Å²) in [6, 6.07) is 5.15. The van der Waals surface area contributed by atoms with Crippen LogP contribution in [0.2, 0.25) is 0 Å². The van der Waals surface area contributed by atoms with E-state index in [0.29, 0.717) is 18.9 Å². The monoisotopic (exact) mass is 292 g/mol. The number of hydrogen-bond donors (Lipinski definition) is 2. The Hall–Kier alpha value is -1.59. The molecule has 0 radical (unpaired) electrons. The number of anilines is 1. The minimum Gasteiger partial charge on any atom is -0.351 e. The third kappa shape index (κ3) is 3.36. The maximum absolute atomic E-state index is 11.2. The zero-order chi connectivity index (χ0) is 15.5. The number of carbonyl (C=O) groups is 1. The second-order valence-corrected chi connectivity index (χ2v) is 5.69. The molecule has 2 rings (SSSR count). The summed E-state index contributed by atoms with van der Waals surface area (Å²) in [6.45, 7) is 7.55. The number of amides is 2. The van der Waals surface area contributed by atoms with Crippen LogP contribution >= 0.6 is 0 Å². The SMILES string of the molecule is CCC1(CC)COC(c2cccc(C)c2NC(N)=O)OC1. The standard InChI is InChI=1S/C16H24N2O3/c1-4-16(5-2)9-20-14(21-10-16)12-8-6-7-11(3)13(12)18-15(17)19/h6-8,14H,4-5,9-10H2,1-3H3,(H3,17,18,19). The van der Waals surface area contributed by atoms with Crippen LogP contribution < -0.4 is 11.1 Å². The predicted octanol–water partition coefficient (Wildman–Crippen LogP) is 3.34. The van der Waals surface area contributed by atoms with Crippen LogP contribution in [0.1, 0.15) is 44.1 Å². The van der Waals surface area contributed by atoms with Gasteiger partial charge in [-0.05, 0) is 25.3 Å². The quantitative estimate of drug-likeness (QED) is 0.894. The lowest BCUT2D eigenvalue weighted by atomic mass is 9.83. The van der Waals surface area contributed by atoms with Crippen molar-refractivity contribution in [1.82, 2.24) is 0 Å². The van der Waals surface area contributed by atoms with Gasteiger partial charge in [-0.3, -0.25) is 0 Å². The first-order chi connectivity index (χ1) is 10.0. The molecule has 1 aromatic rings. The maximum Gasteiger partial charge on any atom is 0.316 e. The molecule has 2 amide bonds. The molecule has 5 nitrogen and oxygen atoms in total. The largest absolute Gasteiger partial charge is 0.351 e. The van der Waals surface area contributed by atoms with Gasteiger partial charge in [-0.25, -0.2) is 4.79 Å². The lowest BCUT2D eigenvalue weighted by Gasteiger charge is -2.39. The van der Waals surface area contributed by atoms with Gasteiger partial charge in [0.05, 0.1) is 18.9 Å². The second kappa shape index (κ2) is 6.45. The molecule has 0 saturated carbocycles. The van der Waals surface area contributed by atoms with Crippen molar-refractivity contribution >= 4 is 11.7 Å². The van der Waals surface area contributed by atoms with E-state index in [1.807, 2.05) is 25.1 Å². The molecule has 1 aromatic carbocycles. The molecule has 1 saturated heterocycles. The minimum atomic E-state index is -0.585. The molecular formula is C16H24N2O3. The summed E-state index contributed by atoms with van der Waals surface area (Å²) in [5, 5.41) is 2.67. The molecular weight excluding hydrogens is 268 g/mol. The summed E-state index contributed by atoms with van der Waals surface area (Å²) >= 11 is 0. The van der Waals surface area contributed by atoms with E-state index in [2.05, 4.69) is 19.2 Å². The van der Waals surface area contributed by atoms with Gasteiger partial charge in [-0.2, -0.15) is 0 Å². The molecule has 0 atom stereocenters. The molecule has 0 aliphatic carbocycles. The summed E-state index contributed by atoms with van der Waals surface area (Å²) in [5.74, 6) is 0. The highest BCUT2D eigenvalue weighted by Gasteiger charge is 2.35. The number of hydrogen-bond acceptors (Lipinski definition) is 3. The Balaban J connectivity index is 2.20. The van der Waals surface area contributed by atoms with Gasteiger partial charge in [-0.1, -0.05) is 32.0 Å². The van der Waals surface area contributed by atoms with Gasteiger partial charge in [0.1, 0.15) is 0 Å². The fraction of sp³-hybridized carbons (Fsp3) is 0.562. The van der Waals surface area contributed by atoms with Crippen molar-refractivity contribution in [3.8, 4) is 0 Å². The molecule has 1 aliphatic heterocycles. The number of urea groups is 1. The second-order valence-electron chi connectivity index (χ2n) is 5.69. The summed E-state index contributed by atoms with van der Waals surface area (Å²) < 4.78 is 11.8. The van der Waals surface area contributed by atoms with Crippen LogP contribution in [0.5, 0.6) is 0 Å². The summed E-state index contributed by atoms with van der Waals surface area (Å²) in [5.41, 5.74) is 7.76. The number of nitrogens with one attached hydrogen (secondary N) is 1. The number of aryl methyl sites for hydroxylation is 1. The number of benzene rings is 1. The minimum absolute atomic E-state index is 0.0948. The number of carbonyl (C=O) groups excluding carboxylic acids is 1. The number of primary amides is 1. The molecule has 116 valence electrons. The fourth-order valence-electron chi connectivity index (χ4n) is 2.61. The van der Waals surface area contributed by atoms with Crippen LogP contribution in [-0.4, -0.2) is 19.2 Å². The first-order valence-corrected chi connectivity index (χ1v) is 7.40. The topological polar surface area (TPSA) is 73.6 Å². The molecule has 0 spiro atoms. The maximum atomic E-state index is 11.2. The van der Waals surface area contributed by atoms with Crippen LogP contribution in [0.4, 0.5) is 10.5 Å². The van der Waals surface area contributed by atoms with Crippen molar-refractivity contribution in [2.24, 2.45) is 11.1 Å². The van der Waals surface area contributed by atoms with E-state index in [1.165, 1.54) is 0 Å². The third-order valence-electron chi connectivity index (χ3n) is 4.39. The van der Waals surface area contributed by atoms with Crippen molar-refractivity contribution in [2.45, 2.75) is 39.9 Å². The molecule has 21 heavy (non-hydrogen) atoms. The Bertz CT molecular complexity index is 502. The van der Waals surface area contributed by atoms with Gasteiger partial charge < -0.3 is 20.5 Å². The molecule has 3 N–H and O–H groups in total. The van der Waals surface area contributed by atoms with Crippen molar-refractivity contribution in [2.75, 3.05) is 18.5 Å². The molecule has 5 heteroatoms. The highest BCUT2D eigenvalue weighted by molar-refractivity contribution is 5.89. The smallest absolute Gasteiger partial charge is 0.316 e. The predicted molar refractivity (Wildman–Crippen MR) is 82.0 cm³/mol. The van der Waals surface area contributed by atoms with E-state index in [1.54, 1.807) is 0 Å². The summed E-state index contributed by atoms with van der Waals surface area (Å²) in [4.78, 5) is 11.2. The average molecular weight is 292 g/mol. The van der Waals surface area contributed by atoms with E-state index < -0.39 is 12.3 Å². The van der Waals surface area contributed by atoms with Crippen molar-refractivity contribution < 1.29 is 14.3 Å². The van der Waals surface area contributed by atoms with Gasteiger partial charge in [0, 0.05) is 11.0 Å². The number of rotatable bonds is 4. The van der Waals surface area contributed by atoms with E-state index >= 15 is 0 Å². The first-order valence-electron chi connectivity index (χ1n) is 7.40. The van der Waals surface area contributed by atoms with E-state index in [0.717, 1.165) is 24.0 Å². The van der Waals surface area contributed by atoms with Crippen LogP contribution in [0, 0.1) is 12.3 Å². The molecule has 0 aromatic heterocycles. The van der Waals surface area contributed by atoms with E-state index in [9.17, 15) is 4.79 Å². The van der Waals surface area contributed by atoms with Crippen LogP contribution in [0.15, 0.2) is 18.2 Å². The Morgan fingerprint density at radius 3 is 2.48 bits per heavy atom. The summed E-state index contributed by atoms with van der Waals surface area (Å²) in [6.07, 6.45) is 1.59. The van der Waals surface area contributed by atoms with E-state index in [4.69, 9.17) is 15.2 Å². The number of ether oxygens (including phenoxy) is 2. The van der Waals surface area contributed by atoms with E-state index in [-0.39, 0.29) is 5.41 Å². The molecule has 1 heterocycles. The van der Waals surface area contributed by atoms with Crippen molar-refractivity contribution in [3.63, 3.8) is 0 Å². The van der Waals surface area contributed by atoms with Gasteiger partial charge >= 0.3 is 6.03 Å². The van der Waals surface area contributed by atoms with Gasteiger partial charge in [-0.15, -0.1) is 0 Å². The highest BCUT2D eigenvalue weighted by atomic mass is 16.7. The fourth-order valence-corrected chi connectivity index (χ4v) is 2.61. The van der Waals surface area contributed by atoms with Crippen molar-refractivity contribution in [1.29, 1.82) is 0 Å². The van der Waals surface area contributed by atoms with Crippen molar-refractivity contribution in [3.05, 3.63) is 29.3 Å². The third-order valence-corrected chi connectivity index (χ3v) is 4.39. The first kappa shape index (κ1) is 15.8. The zero-order valence-electron chi connectivity index (χ0n) is 12.9.